The molecule has 1 saturated heterocycles. The highest BCUT2D eigenvalue weighted by atomic mass is 16.7. The summed E-state index contributed by atoms with van der Waals surface area (Å²) in [6.07, 6.45) is -0.127. The zero-order chi connectivity index (χ0) is 23.6. The number of hydrogen-bond donors (Lipinski definition) is 0. The molecule has 0 N–H and O–H groups in total. The van der Waals surface area contributed by atoms with E-state index in [-0.39, 0.29) is 18.9 Å². The zero-order valence-electron chi connectivity index (χ0n) is 18.7. The summed E-state index contributed by atoms with van der Waals surface area (Å²) in [5.41, 5.74) is 11.1. The van der Waals surface area contributed by atoms with E-state index in [4.69, 9.17) is 14.2 Å². The summed E-state index contributed by atoms with van der Waals surface area (Å²) in [5, 5.41) is 3.77. The van der Waals surface area contributed by atoms with Crippen molar-refractivity contribution in [1.29, 1.82) is 0 Å². The molecule has 2 amide bonds. The molecular weight excluding hydrogens is 424 g/mol. The lowest BCUT2D eigenvalue weighted by molar-refractivity contribution is -0.131. The Morgan fingerprint density at radius 2 is 1.76 bits per heavy atom. The molecular formula is C24H28N4O5. The van der Waals surface area contributed by atoms with Crippen molar-refractivity contribution in [2.75, 3.05) is 20.8 Å². The van der Waals surface area contributed by atoms with Gasteiger partial charge in [-0.1, -0.05) is 65.8 Å². The molecule has 33 heavy (non-hydrogen) atoms. The molecule has 9 heteroatoms. The van der Waals surface area contributed by atoms with Gasteiger partial charge in [0.1, 0.15) is 12.6 Å². The van der Waals surface area contributed by atoms with E-state index in [2.05, 4.69) is 10.0 Å². The second kappa shape index (κ2) is 12.0. The number of nitrogens with zero attached hydrogens (tertiary/aromatic N) is 4. The number of carbonyl (C=O) groups is 2. The van der Waals surface area contributed by atoms with E-state index >= 15 is 0 Å². The van der Waals surface area contributed by atoms with Crippen molar-refractivity contribution < 1.29 is 23.8 Å². The van der Waals surface area contributed by atoms with Crippen LogP contribution < -0.4 is 0 Å². The van der Waals surface area contributed by atoms with Crippen LogP contribution in [0.1, 0.15) is 29.9 Å². The smallest absolute Gasteiger partial charge is 0.416 e. The fourth-order valence-corrected chi connectivity index (χ4v) is 4.07. The van der Waals surface area contributed by atoms with E-state index in [1.165, 1.54) is 0 Å². The molecule has 2 aromatic carbocycles. The lowest BCUT2D eigenvalue weighted by Crippen LogP contribution is -2.45. The van der Waals surface area contributed by atoms with Crippen LogP contribution in [-0.4, -0.2) is 56.1 Å². The quantitative estimate of drug-likeness (QED) is 0.216. The van der Waals surface area contributed by atoms with Gasteiger partial charge >= 0.3 is 6.09 Å². The SMILES string of the molecule is COC(CC(CC(N=[N+]=[N-])C(=O)N1C(=O)OC[C@@H]1Cc1ccccc1)c1ccccc1)OC. The summed E-state index contributed by atoms with van der Waals surface area (Å²) in [6, 6.07) is 17.6. The number of amides is 2. The van der Waals surface area contributed by atoms with Crippen LogP contribution in [0.4, 0.5) is 4.79 Å². The highest BCUT2D eigenvalue weighted by Crippen LogP contribution is 2.30. The molecule has 0 radical (unpaired) electrons. The number of benzene rings is 2. The van der Waals surface area contributed by atoms with Gasteiger partial charge in [0.2, 0.25) is 5.91 Å². The Kier molecular flexibility index (Phi) is 8.83. The molecule has 2 aromatic rings. The Labute approximate surface area is 192 Å². The second-order valence-electron chi connectivity index (χ2n) is 7.83. The van der Waals surface area contributed by atoms with Crippen molar-refractivity contribution in [3.63, 3.8) is 0 Å². The molecule has 0 aliphatic carbocycles. The minimum absolute atomic E-state index is 0.0972. The number of carbonyl (C=O) groups excluding carboxylic acids is 2. The Balaban J connectivity index is 1.83. The normalized spacial score (nSPS) is 17.4. The summed E-state index contributed by atoms with van der Waals surface area (Å²) < 4.78 is 15.9. The maximum atomic E-state index is 13.4. The molecule has 1 aliphatic rings. The molecule has 0 saturated carbocycles. The van der Waals surface area contributed by atoms with Crippen molar-refractivity contribution in [3.05, 3.63) is 82.2 Å². The van der Waals surface area contributed by atoms with E-state index in [1.807, 2.05) is 60.7 Å². The number of imide groups is 1. The Hall–Kier alpha value is -3.39. The molecule has 3 atom stereocenters. The maximum absolute atomic E-state index is 13.4. The monoisotopic (exact) mass is 452 g/mol. The van der Waals surface area contributed by atoms with Crippen LogP contribution in [-0.2, 0) is 25.4 Å². The molecule has 1 heterocycles. The standard InChI is InChI=1S/C24H28N4O5/c1-31-22(32-2)15-19(18-11-7-4-8-12-18)14-21(26-27-25)23(29)28-20(16-33-24(28)30)13-17-9-5-3-6-10-17/h3-12,19-22H,13-16H2,1-2H3/t19?,20-,21?/m0/s1. The largest absolute Gasteiger partial charge is 0.447 e. The van der Waals surface area contributed by atoms with Gasteiger partial charge in [0, 0.05) is 25.6 Å². The van der Waals surface area contributed by atoms with E-state index in [0.717, 1.165) is 16.0 Å². The maximum Gasteiger partial charge on any atom is 0.416 e. The molecule has 1 aliphatic heterocycles. The number of methoxy groups -OCH3 is 2. The minimum atomic E-state index is -1.08. The minimum Gasteiger partial charge on any atom is -0.447 e. The third kappa shape index (κ3) is 6.32. The van der Waals surface area contributed by atoms with Gasteiger partial charge in [0.25, 0.3) is 0 Å². The molecule has 3 rings (SSSR count). The predicted molar refractivity (Wildman–Crippen MR) is 121 cm³/mol. The second-order valence-corrected chi connectivity index (χ2v) is 7.83. The summed E-state index contributed by atoms with van der Waals surface area (Å²) in [6.45, 7) is 0.0972. The summed E-state index contributed by atoms with van der Waals surface area (Å²) in [5.74, 6) is -0.773. The van der Waals surface area contributed by atoms with Crippen molar-refractivity contribution in [3.8, 4) is 0 Å². The highest BCUT2D eigenvalue weighted by molar-refractivity contribution is 5.96. The van der Waals surface area contributed by atoms with Crippen molar-refractivity contribution in [1.82, 2.24) is 4.90 Å². The molecule has 1 fully saturated rings. The zero-order valence-corrected chi connectivity index (χ0v) is 18.7. The number of ether oxygens (including phenoxy) is 3. The van der Waals surface area contributed by atoms with Crippen LogP contribution in [0, 0.1) is 0 Å². The topological polar surface area (TPSA) is 114 Å². The summed E-state index contributed by atoms with van der Waals surface area (Å²) >= 11 is 0. The molecule has 0 spiro atoms. The Morgan fingerprint density at radius 3 is 2.36 bits per heavy atom. The lowest BCUT2D eigenvalue weighted by Gasteiger charge is -2.27. The van der Waals surface area contributed by atoms with Crippen LogP contribution in [0.2, 0.25) is 0 Å². The number of rotatable bonds is 11. The van der Waals surface area contributed by atoms with Gasteiger partial charge < -0.3 is 14.2 Å². The number of azide groups is 1. The first-order chi connectivity index (χ1) is 16.1. The number of cyclic esters (lactones) is 1. The fraction of sp³-hybridized carbons (Fsp3) is 0.417. The molecule has 0 bridgehead atoms. The Bertz CT molecular complexity index is 961. The van der Waals surface area contributed by atoms with E-state index in [9.17, 15) is 15.1 Å². The van der Waals surface area contributed by atoms with E-state index in [1.54, 1.807) is 14.2 Å². The predicted octanol–water partition coefficient (Wildman–Crippen LogP) is 4.44. The first-order valence-electron chi connectivity index (χ1n) is 10.8. The first kappa shape index (κ1) is 24.3. The summed E-state index contributed by atoms with van der Waals surface area (Å²) in [4.78, 5) is 29.9. The van der Waals surface area contributed by atoms with Gasteiger partial charge in [-0.25, -0.2) is 9.69 Å². The van der Waals surface area contributed by atoms with Gasteiger partial charge in [-0.05, 0) is 35.4 Å². The van der Waals surface area contributed by atoms with Crippen molar-refractivity contribution in [2.24, 2.45) is 5.11 Å². The van der Waals surface area contributed by atoms with Crippen molar-refractivity contribution >= 4 is 12.0 Å². The van der Waals surface area contributed by atoms with Crippen molar-refractivity contribution in [2.45, 2.75) is 43.6 Å². The molecule has 9 nitrogen and oxygen atoms in total. The van der Waals surface area contributed by atoms with Crippen LogP contribution in [0.3, 0.4) is 0 Å². The van der Waals surface area contributed by atoms with Crippen LogP contribution in [0.5, 0.6) is 0 Å². The lowest BCUT2D eigenvalue weighted by atomic mass is 9.88. The van der Waals surface area contributed by atoms with Crippen LogP contribution in [0.25, 0.3) is 10.4 Å². The third-order valence-corrected chi connectivity index (χ3v) is 5.77. The van der Waals surface area contributed by atoms with Crippen LogP contribution in [0.15, 0.2) is 65.8 Å². The van der Waals surface area contributed by atoms with E-state index < -0.39 is 30.4 Å². The first-order valence-corrected chi connectivity index (χ1v) is 10.8. The van der Waals surface area contributed by atoms with Gasteiger partial charge in [-0.2, -0.15) is 0 Å². The van der Waals surface area contributed by atoms with E-state index in [0.29, 0.717) is 12.8 Å². The van der Waals surface area contributed by atoms with Gasteiger partial charge in [-0.15, -0.1) is 0 Å². The number of hydrogen-bond acceptors (Lipinski definition) is 6. The van der Waals surface area contributed by atoms with Crippen LogP contribution >= 0.6 is 0 Å². The average Bonchev–Trinajstić information content (AvgIpc) is 3.21. The van der Waals surface area contributed by atoms with Gasteiger partial charge in [-0.3, -0.25) is 4.79 Å². The average molecular weight is 453 g/mol. The molecule has 0 aromatic heterocycles. The molecule has 174 valence electrons. The Morgan fingerprint density at radius 1 is 1.12 bits per heavy atom. The molecule has 2 unspecified atom stereocenters. The fourth-order valence-electron chi connectivity index (χ4n) is 4.07. The summed E-state index contributed by atoms with van der Waals surface area (Å²) in [7, 11) is 3.08. The van der Waals surface area contributed by atoms with Gasteiger partial charge in [0.05, 0.1) is 6.04 Å². The third-order valence-electron chi connectivity index (χ3n) is 5.77. The highest BCUT2D eigenvalue weighted by Gasteiger charge is 2.41. The van der Waals surface area contributed by atoms with Gasteiger partial charge in [0.15, 0.2) is 6.29 Å².